The van der Waals surface area contributed by atoms with Crippen LogP contribution in [-0.4, -0.2) is 20.1 Å². The van der Waals surface area contributed by atoms with Crippen molar-refractivity contribution in [3.05, 3.63) is 56.9 Å². The van der Waals surface area contributed by atoms with Crippen LogP contribution in [0.25, 0.3) is 23.0 Å². The van der Waals surface area contributed by atoms with Crippen LogP contribution in [0.1, 0.15) is 11.5 Å². The molecule has 0 fully saturated rings. The first-order valence-electron chi connectivity index (χ1n) is 5.63. The molecule has 0 saturated heterocycles. The molecule has 6 nitrogen and oxygen atoms in total. The Bertz CT molecular complexity index is 853. The van der Waals surface area contributed by atoms with Crippen molar-refractivity contribution in [1.82, 2.24) is 15.0 Å². The van der Waals surface area contributed by atoms with Gasteiger partial charge in [0.1, 0.15) is 5.69 Å². The first kappa shape index (κ1) is 12.6. The maximum absolute atomic E-state index is 11.9. The van der Waals surface area contributed by atoms with Crippen LogP contribution in [-0.2, 0) is 0 Å². The molecule has 3 rings (SSSR count). The average molecular weight is 334 g/mol. The Kier molecular flexibility index (Phi) is 3.11. The van der Waals surface area contributed by atoms with Gasteiger partial charge in [0, 0.05) is 16.7 Å². The van der Waals surface area contributed by atoms with Crippen molar-refractivity contribution in [2.75, 3.05) is 0 Å². The van der Waals surface area contributed by atoms with Gasteiger partial charge in [0.2, 0.25) is 0 Å². The maximum Gasteiger partial charge on any atom is 0.274 e. The fourth-order valence-corrected chi connectivity index (χ4v) is 2.02. The van der Waals surface area contributed by atoms with Crippen molar-refractivity contribution in [3.63, 3.8) is 0 Å². The lowest BCUT2D eigenvalue weighted by molar-refractivity contribution is 0.462. The summed E-state index contributed by atoms with van der Waals surface area (Å²) in [6.07, 6.45) is 4.24. The lowest BCUT2D eigenvalue weighted by Crippen LogP contribution is -2.12. The number of H-pyrrole nitrogens is 1. The highest BCUT2D eigenvalue weighted by Gasteiger charge is 2.08. The molecular formula is C13H8BrN3O3. The maximum atomic E-state index is 11.9. The van der Waals surface area contributed by atoms with E-state index in [0.29, 0.717) is 11.2 Å². The third kappa shape index (κ3) is 2.35. The first-order valence-corrected chi connectivity index (χ1v) is 6.43. The van der Waals surface area contributed by atoms with Crippen molar-refractivity contribution < 1.29 is 9.52 Å². The van der Waals surface area contributed by atoms with Gasteiger partial charge in [-0.2, -0.15) is 0 Å². The van der Waals surface area contributed by atoms with Crippen molar-refractivity contribution >= 4 is 38.9 Å². The molecule has 20 heavy (non-hydrogen) atoms. The second kappa shape index (κ2) is 4.93. The van der Waals surface area contributed by atoms with E-state index in [1.165, 1.54) is 12.3 Å². The van der Waals surface area contributed by atoms with Crippen molar-refractivity contribution in [2.45, 2.75) is 0 Å². The number of aromatic amines is 1. The Morgan fingerprint density at radius 2 is 2.35 bits per heavy atom. The van der Waals surface area contributed by atoms with Gasteiger partial charge in [0.05, 0.1) is 11.8 Å². The summed E-state index contributed by atoms with van der Waals surface area (Å²) in [6, 6.07) is 4.92. The van der Waals surface area contributed by atoms with Gasteiger partial charge in [-0.25, -0.2) is 9.97 Å². The Morgan fingerprint density at radius 1 is 1.50 bits per heavy atom. The number of halogens is 1. The third-order valence-electron chi connectivity index (χ3n) is 2.59. The number of hydrogen-bond acceptors (Lipinski definition) is 5. The Morgan fingerprint density at radius 3 is 3.10 bits per heavy atom. The smallest absolute Gasteiger partial charge is 0.274 e. The van der Waals surface area contributed by atoms with Gasteiger partial charge in [-0.05, 0) is 34.1 Å². The van der Waals surface area contributed by atoms with Crippen LogP contribution >= 0.6 is 15.9 Å². The summed E-state index contributed by atoms with van der Waals surface area (Å²) in [5, 5.41) is 9.85. The minimum absolute atomic E-state index is 0.0567. The second-order valence-electron chi connectivity index (χ2n) is 3.98. The molecule has 7 heteroatoms. The number of furan rings is 1. The van der Waals surface area contributed by atoms with Gasteiger partial charge >= 0.3 is 0 Å². The van der Waals surface area contributed by atoms with Crippen LogP contribution in [0, 0.1) is 0 Å². The minimum Gasteiger partial charge on any atom is -0.504 e. The highest BCUT2D eigenvalue weighted by molar-refractivity contribution is 9.10. The number of aliphatic hydroxyl groups excluding tert-OH is 1. The Hall–Kier alpha value is -2.41. The molecule has 100 valence electrons. The van der Waals surface area contributed by atoms with E-state index in [-0.39, 0.29) is 17.2 Å². The monoisotopic (exact) mass is 333 g/mol. The average Bonchev–Trinajstić information content (AvgIpc) is 2.94. The Balaban J connectivity index is 2.13. The molecule has 3 aromatic rings. The third-order valence-corrected chi connectivity index (χ3v) is 3.02. The fraction of sp³-hybridized carbons (Fsp3) is 0. The van der Waals surface area contributed by atoms with Crippen molar-refractivity contribution in [1.29, 1.82) is 0 Å². The topological polar surface area (TPSA) is 92.0 Å². The molecule has 3 heterocycles. The molecule has 0 radical (unpaired) electrons. The van der Waals surface area contributed by atoms with Gasteiger partial charge in [0.25, 0.3) is 5.56 Å². The van der Waals surface area contributed by atoms with Crippen LogP contribution in [0.3, 0.4) is 0 Å². The largest absolute Gasteiger partial charge is 0.504 e. The van der Waals surface area contributed by atoms with Crippen LogP contribution in [0.2, 0.25) is 0 Å². The number of nitrogens with zero attached hydrogens (tertiary/aromatic N) is 2. The second-order valence-corrected chi connectivity index (χ2v) is 4.90. The van der Waals surface area contributed by atoms with Crippen LogP contribution in [0.5, 0.6) is 0 Å². The van der Waals surface area contributed by atoms with E-state index in [1.54, 1.807) is 24.4 Å². The van der Waals surface area contributed by atoms with E-state index in [9.17, 15) is 9.90 Å². The van der Waals surface area contributed by atoms with E-state index in [4.69, 9.17) is 4.42 Å². The summed E-state index contributed by atoms with van der Waals surface area (Å²) >= 11 is 3.27. The van der Waals surface area contributed by atoms with Crippen LogP contribution < -0.4 is 5.56 Å². The number of nitrogens with one attached hydrogen (secondary N) is 1. The highest BCUT2D eigenvalue weighted by atomic mass is 79.9. The van der Waals surface area contributed by atoms with Gasteiger partial charge in [-0.3, -0.25) is 4.79 Å². The molecule has 0 bridgehead atoms. The number of rotatable bonds is 2. The number of aromatic nitrogens is 3. The minimum atomic E-state index is -0.421. The molecular weight excluding hydrogens is 326 g/mol. The summed E-state index contributed by atoms with van der Waals surface area (Å²) in [5.41, 5.74) is 0.530. The Labute approximate surface area is 120 Å². The highest BCUT2D eigenvalue weighted by Crippen LogP contribution is 2.15. The summed E-state index contributed by atoms with van der Waals surface area (Å²) in [7, 11) is 0. The number of aliphatic hydroxyl groups is 1. The standard InChI is InChI=1S/C13H8BrN3O3/c14-7-4-8-12(15-6-7)16-9(13(19)17-8)5-10(18)11-2-1-3-20-11/h1-6,18H,(H,17,19). The van der Waals surface area contributed by atoms with Gasteiger partial charge in [0.15, 0.2) is 17.2 Å². The quantitative estimate of drug-likeness (QED) is 0.703. The van der Waals surface area contributed by atoms with E-state index in [0.717, 1.165) is 4.47 Å². The zero-order valence-electron chi connectivity index (χ0n) is 10.0. The number of fused-ring (bicyclic) bond motifs is 1. The number of pyridine rings is 1. The molecule has 0 aliphatic heterocycles. The first-order chi connectivity index (χ1) is 9.63. The lowest BCUT2D eigenvalue weighted by atomic mass is 10.3. The lowest BCUT2D eigenvalue weighted by Gasteiger charge is -1.99. The molecule has 0 aliphatic carbocycles. The van der Waals surface area contributed by atoms with Crippen molar-refractivity contribution in [3.8, 4) is 0 Å². The molecule has 0 spiro atoms. The predicted molar refractivity (Wildman–Crippen MR) is 77.1 cm³/mol. The molecule has 0 aliphatic rings. The molecule has 3 aromatic heterocycles. The summed E-state index contributed by atoms with van der Waals surface area (Å²) in [4.78, 5) is 22.8. The molecule has 0 saturated carbocycles. The van der Waals surface area contributed by atoms with E-state index < -0.39 is 5.56 Å². The predicted octanol–water partition coefficient (Wildman–Crippen LogP) is 2.73. The summed E-state index contributed by atoms with van der Waals surface area (Å²) in [6.45, 7) is 0. The van der Waals surface area contributed by atoms with E-state index in [2.05, 4.69) is 30.9 Å². The van der Waals surface area contributed by atoms with Crippen molar-refractivity contribution in [2.24, 2.45) is 0 Å². The zero-order valence-corrected chi connectivity index (χ0v) is 11.6. The van der Waals surface area contributed by atoms with Gasteiger partial charge in [-0.15, -0.1) is 0 Å². The molecule has 0 amide bonds. The SMILES string of the molecule is O=c1[nH]c2cc(Br)cnc2nc1C=C(O)c1ccco1. The van der Waals surface area contributed by atoms with E-state index in [1.807, 2.05) is 0 Å². The van der Waals surface area contributed by atoms with Crippen LogP contribution in [0.15, 0.2) is 44.3 Å². The molecule has 0 unspecified atom stereocenters. The normalized spacial score (nSPS) is 11.9. The number of hydrogen-bond donors (Lipinski definition) is 2. The van der Waals surface area contributed by atoms with Crippen LogP contribution in [0.4, 0.5) is 0 Å². The van der Waals surface area contributed by atoms with E-state index >= 15 is 0 Å². The molecule has 0 aromatic carbocycles. The molecule has 0 atom stereocenters. The zero-order chi connectivity index (χ0) is 14.1. The van der Waals surface area contributed by atoms with Gasteiger partial charge < -0.3 is 14.5 Å². The van der Waals surface area contributed by atoms with Gasteiger partial charge in [-0.1, -0.05) is 0 Å². The molecule has 2 N–H and O–H groups in total. The fourth-order valence-electron chi connectivity index (χ4n) is 1.69. The summed E-state index contributed by atoms with van der Waals surface area (Å²) < 4.78 is 5.77. The summed E-state index contributed by atoms with van der Waals surface area (Å²) in [5.74, 6) is 0.0829.